The van der Waals surface area contributed by atoms with Crippen LogP contribution >= 0.6 is 11.3 Å². The number of nitrogens with one attached hydrogen (secondary N) is 1. The number of aromatic nitrogens is 3. The molecule has 168 valence electrons. The molecule has 0 saturated carbocycles. The van der Waals surface area contributed by atoms with Gasteiger partial charge in [0.1, 0.15) is 29.5 Å². The fourth-order valence-corrected chi connectivity index (χ4v) is 4.65. The lowest BCUT2D eigenvalue weighted by molar-refractivity contribution is 0.272. The first-order chi connectivity index (χ1) is 15.5. The van der Waals surface area contributed by atoms with Gasteiger partial charge in [-0.25, -0.2) is 14.4 Å². The maximum absolute atomic E-state index is 14.5. The first-order valence-electron chi connectivity index (χ1n) is 10.3. The number of rotatable bonds is 9. The van der Waals surface area contributed by atoms with Crippen molar-refractivity contribution < 1.29 is 19.0 Å². The standard InChI is InChI=1S/C23H25FN4O3S/c1-4-31-19-11-20(32-21(19)12-29)17-10-22(27-13-26-17)25-7-8-28-14(2)9-15-18(30-3)6-5-16(24)23(15)28/h5-6,9-11,13,29H,4,7-8,12H2,1-3H3,(H,25,26,27). The van der Waals surface area contributed by atoms with Crippen LogP contribution in [0.2, 0.25) is 0 Å². The average Bonchev–Trinajstić information content (AvgIpc) is 3.36. The van der Waals surface area contributed by atoms with Crippen LogP contribution in [0.4, 0.5) is 10.2 Å². The average molecular weight is 457 g/mol. The number of fused-ring (bicyclic) bond motifs is 1. The van der Waals surface area contributed by atoms with Crippen LogP contribution in [-0.4, -0.2) is 39.9 Å². The molecule has 0 aliphatic carbocycles. The summed E-state index contributed by atoms with van der Waals surface area (Å²) in [4.78, 5) is 10.3. The van der Waals surface area contributed by atoms with Crippen molar-refractivity contribution in [3.63, 3.8) is 0 Å². The summed E-state index contributed by atoms with van der Waals surface area (Å²) in [5.74, 6) is 1.72. The normalized spacial score (nSPS) is 11.2. The van der Waals surface area contributed by atoms with E-state index in [9.17, 15) is 9.50 Å². The molecule has 0 bridgehead atoms. The first-order valence-corrected chi connectivity index (χ1v) is 11.1. The molecular weight excluding hydrogens is 431 g/mol. The predicted molar refractivity (Wildman–Crippen MR) is 124 cm³/mol. The number of aliphatic hydroxyl groups excluding tert-OH is 1. The van der Waals surface area contributed by atoms with Crippen molar-refractivity contribution in [2.75, 3.05) is 25.6 Å². The third kappa shape index (κ3) is 4.26. The SMILES string of the molecule is CCOc1cc(-c2cc(NCCn3c(C)cc4c(OC)ccc(F)c43)ncn2)sc1CO. The minimum atomic E-state index is -0.277. The van der Waals surface area contributed by atoms with E-state index in [0.717, 1.165) is 26.5 Å². The number of hydrogen-bond donors (Lipinski definition) is 2. The Bertz CT molecular complexity index is 1240. The van der Waals surface area contributed by atoms with E-state index in [1.165, 1.54) is 23.7 Å². The molecule has 0 atom stereocenters. The van der Waals surface area contributed by atoms with E-state index in [1.54, 1.807) is 13.2 Å². The smallest absolute Gasteiger partial charge is 0.147 e. The number of methoxy groups -OCH3 is 1. The second-order valence-corrected chi connectivity index (χ2v) is 8.29. The van der Waals surface area contributed by atoms with Crippen LogP contribution in [0.25, 0.3) is 21.5 Å². The Morgan fingerprint density at radius 2 is 2.03 bits per heavy atom. The van der Waals surface area contributed by atoms with Crippen molar-refractivity contribution in [3.05, 3.63) is 53.0 Å². The third-order valence-corrected chi connectivity index (χ3v) is 6.29. The Balaban J connectivity index is 1.51. The minimum absolute atomic E-state index is 0.0816. The van der Waals surface area contributed by atoms with Gasteiger partial charge in [0.05, 0.1) is 41.3 Å². The number of nitrogens with zero attached hydrogens (tertiary/aromatic N) is 3. The van der Waals surface area contributed by atoms with Gasteiger partial charge in [-0.1, -0.05) is 0 Å². The number of halogens is 1. The molecule has 0 aliphatic rings. The summed E-state index contributed by atoms with van der Waals surface area (Å²) in [6.45, 7) is 5.41. The highest BCUT2D eigenvalue weighted by Crippen LogP contribution is 2.36. The summed E-state index contributed by atoms with van der Waals surface area (Å²) >= 11 is 1.44. The Labute approximate surface area is 189 Å². The molecule has 0 saturated heterocycles. The fraction of sp³-hybridized carbons (Fsp3) is 0.304. The fourth-order valence-electron chi connectivity index (χ4n) is 3.72. The lowest BCUT2D eigenvalue weighted by Gasteiger charge is -2.11. The van der Waals surface area contributed by atoms with E-state index < -0.39 is 0 Å². The van der Waals surface area contributed by atoms with E-state index in [2.05, 4.69) is 15.3 Å². The molecule has 7 nitrogen and oxygen atoms in total. The van der Waals surface area contributed by atoms with Crippen molar-refractivity contribution >= 4 is 28.1 Å². The van der Waals surface area contributed by atoms with Crippen LogP contribution in [0.1, 0.15) is 17.5 Å². The second kappa shape index (κ2) is 9.54. The maximum Gasteiger partial charge on any atom is 0.147 e. The molecule has 0 amide bonds. The van der Waals surface area contributed by atoms with Gasteiger partial charge >= 0.3 is 0 Å². The van der Waals surface area contributed by atoms with Crippen LogP contribution in [0, 0.1) is 12.7 Å². The number of anilines is 1. The highest BCUT2D eigenvalue weighted by molar-refractivity contribution is 7.15. The van der Waals surface area contributed by atoms with Crippen LogP contribution in [0.3, 0.4) is 0 Å². The zero-order valence-electron chi connectivity index (χ0n) is 18.2. The first kappa shape index (κ1) is 22.0. The van der Waals surface area contributed by atoms with E-state index in [0.29, 0.717) is 42.5 Å². The van der Waals surface area contributed by atoms with E-state index in [-0.39, 0.29) is 12.4 Å². The van der Waals surface area contributed by atoms with E-state index >= 15 is 0 Å². The van der Waals surface area contributed by atoms with Crippen molar-refractivity contribution in [2.45, 2.75) is 27.0 Å². The van der Waals surface area contributed by atoms with Crippen molar-refractivity contribution in [1.29, 1.82) is 0 Å². The van der Waals surface area contributed by atoms with Gasteiger partial charge in [0.2, 0.25) is 0 Å². The molecule has 0 aliphatic heterocycles. The second-order valence-electron chi connectivity index (χ2n) is 7.15. The largest absolute Gasteiger partial charge is 0.496 e. The van der Waals surface area contributed by atoms with E-state index in [4.69, 9.17) is 9.47 Å². The van der Waals surface area contributed by atoms with Crippen LogP contribution in [-0.2, 0) is 13.2 Å². The Kier molecular flexibility index (Phi) is 6.57. The molecule has 32 heavy (non-hydrogen) atoms. The molecule has 0 radical (unpaired) electrons. The van der Waals surface area contributed by atoms with Gasteiger partial charge in [-0.3, -0.25) is 0 Å². The summed E-state index contributed by atoms with van der Waals surface area (Å²) in [5.41, 5.74) is 2.23. The van der Waals surface area contributed by atoms with E-state index in [1.807, 2.05) is 36.6 Å². The highest BCUT2D eigenvalue weighted by Gasteiger charge is 2.15. The minimum Gasteiger partial charge on any atom is -0.496 e. The quantitative estimate of drug-likeness (QED) is 0.383. The number of aliphatic hydroxyl groups is 1. The van der Waals surface area contributed by atoms with Crippen LogP contribution < -0.4 is 14.8 Å². The van der Waals surface area contributed by atoms with Gasteiger partial charge in [-0.15, -0.1) is 11.3 Å². The Morgan fingerprint density at radius 3 is 2.78 bits per heavy atom. The summed E-state index contributed by atoms with van der Waals surface area (Å²) in [6, 6.07) is 8.75. The van der Waals surface area contributed by atoms with Crippen molar-refractivity contribution in [1.82, 2.24) is 14.5 Å². The zero-order chi connectivity index (χ0) is 22.7. The highest BCUT2D eigenvalue weighted by atomic mass is 32.1. The summed E-state index contributed by atoms with van der Waals surface area (Å²) < 4.78 is 27.4. The molecule has 0 unspecified atom stereocenters. The zero-order valence-corrected chi connectivity index (χ0v) is 19.0. The molecule has 4 aromatic rings. The van der Waals surface area contributed by atoms with Gasteiger partial charge in [0, 0.05) is 36.3 Å². The number of aryl methyl sites for hydroxylation is 1. The lowest BCUT2D eigenvalue weighted by Crippen LogP contribution is -2.12. The number of ether oxygens (including phenoxy) is 2. The predicted octanol–water partition coefficient (Wildman–Crippen LogP) is 4.62. The molecule has 1 aromatic carbocycles. The van der Waals surface area contributed by atoms with Crippen LogP contribution in [0.5, 0.6) is 11.5 Å². The molecule has 0 spiro atoms. The molecule has 0 fully saturated rings. The van der Waals surface area contributed by atoms with Crippen LogP contribution in [0.15, 0.2) is 36.7 Å². The maximum atomic E-state index is 14.5. The summed E-state index contributed by atoms with van der Waals surface area (Å²) in [6.07, 6.45) is 1.50. The van der Waals surface area contributed by atoms with Gasteiger partial charge in [0.15, 0.2) is 0 Å². The topological polar surface area (TPSA) is 81.4 Å². The van der Waals surface area contributed by atoms with Gasteiger partial charge in [0.25, 0.3) is 0 Å². The molecule has 2 N–H and O–H groups in total. The number of thiophene rings is 1. The lowest BCUT2D eigenvalue weighted by atomic mass is 10.2. The van der Waals surface area contributed by atoms with Gasteiger partial charge in [-0.2, -0.15) is 0 Å². The molecular formula is C23H25FN4O3S. The Hall–Kier alpha value is -3.17. The summed E-state index contributed by atoms with van der Waals surface area (Å²) in [5, 5.41) is 13.6. The molecule has 4 rings (SSSR count). The van der Waals surface area contributed by atoms with Crippen molar-refractivity contribution in [3.8, 4) is 22.1 Å². The third-order valence-electron chi connectivity index (χ3n) is 5.17. The molecule has 9 heteroatoms. The van der Waals surface area contributed by atoms with Crippen molar-refractivity contribution in [2.24, 2.45) is 0 Å². The number of benzene rings is 1. The molecule has 3 heterocycles. The molecule has 3 aromatic heterocycles. The number of hydrogen-bond acceptors (Lipinski definition) is 7. The Morgan fingerprint density at radius 1 is 1.19 bits per heavy atom. The monoisotopic (exact) mass is 456 g/mol. The van der Waals surface area contributed by atoms with Gasteiger partial charge < -0.3 is 24.5 Å². The van der Waals surface area contributed by atoms with Gasteiger partial charge in [-0.05, 0) is 32.0 Å². The summed E-state index contributed by atoms with van der Waals surface area (Å²) in [7, 11) is 1.59.